The molecule has 0 aromatic rings. The Hall–Kier alpha value is -0.0800. The summed E-state index contributed by atoms with van der Waals surface area (Å²) >= 11 is 0. The van der Waals surface area contributed by atoms with E-state index in [0.29, 0.717) is 18.4 Å². The summed E-state index contributed by atoms with van der Waals surface area (Å²) in [6.07, 6.45) is 0.695. The molecule has 0 aromatic carbocycles. The molecule has 0 bridgehead atoms. The van der Waals surface area contributed by atoms with E-state index in [9.17, 15) is 5.11 Å². The third-order valence-corrected chi connectivity index (χ3v) is 2.06. The van der Waals surface area contributed by atoms with E-state index in [1.54, 1.807) is 0 Å². The summed E-state index contributed by atoms with van der Waals surface area (Å²) in [4.78, 5) is 0. The fraction of sp³-hybridized carbons (Fsp3) is 1.00. The van der Waals surface area contributed by atoms with Crippen LogP contribution in [0.4, 0.5) is 0 Å². The van der Waals surface area contributed by atoms with E-state index in [-0.39, 0.29) is 6.10 Å². The van der Waals surface area contributed by atoms with Crippen molar-refractivity contribution in [2.24, 2.45) is 17.6 Å². The molecule has 0 radical (unpaired) electrons. The van der Waals surface area contributed by atoms with Gasteiger partial charge in [0.15, 0.2) is 0 Å². The second-order valence-corrected chi connectivity index (χ2v) is 3.12. The molecule has 0 aliphatic heterocycles. The first-order valence-corrected chi connectivity index (χ1v) is 4.01. The Balaban J connectivity index is 3.80. The van der Waals surface area contributed by atoms with Crippen molar-refractivity contribution in [3.63, 3.8) is 0 Å². The summed E-state index contributed by atoms with van der Waals surface area (Å²) in [6.45, 7) is 6.71. The van der Waals surface area contributed by atoms with Gasteiger partial charge in [0.05, 0.1) is 6.10 Å². The van der Waals surface area contributed by atoms with Crippen LogP contribution >= 0.6 is 0 Å². The molecule has 0 aliphatic rings. The van der Waals surface area contributed by atoms with Crippen LogP contribution in [0.15, 0.2) is 0 Å². The van der Waals surface area contributed by atoms with Crippen molar-refractivity contribution in [3.05, 3.63) is 0 Å². The number of rotatable bonds is 4. The SMILES string of the molecule is CC[C@@H](C(C)C)[C@H](O)CN. The summed E-state index contributed by atoms with van der Waals surface area (Å²) in [5, 5.41) is 9.36. The van der Waals surface area contributed by atoms with Gasteiger partial charge in [0.25, 0.3) is 0 Å². The lowest BCUT2D eigenvalue weighted by atomic mass is 9.88. The van der Waals surface area contributed by atoms with Crippen LogP contribution in [0.2, 0.25) is 0 Å². The van der Waals surface area contributed by atoms with Gasteiger partial charge in [0.2, 0.25) is 0 Å². The summed E-state index contributed by atoms with van der Waals surface area (Å²) in [5.74, 6) is 0.897. The van der Waals surface area contributed by atoms with E-state index in [0.717, 1.165) is 6.42 Å². The van der Waals surface area contributed by atoms with Crippen molar-refractivity contribution in [1.82, 2.24) is 0 Å². The Labute approximate surface area is 63.4 Å². The molecule has 0 rings (SSSR count). The molecule has 62 valence electrons. The number of aliphatic hydroxyl groups excluding tert-OH is 1. The molecule has 2 nitrogen and oxygen atoms in total. The van der Waals surface area contributed by atoms with Gasteiger partial charge in [-0.25, -0.2) is 0 Å². The minimum absolute atomic E-state index is 0.315. The average molecular weight is 145 g/mol. The summed E-state index contributed by atoms with van der Waals surface area (Å²) in [7, 11) is 0. The predicted octanol–water partition coefficient (Wildman–Crippen LogP) is 0.988. The second kappa shape index (κ2) is 4.69. The van der Waals surface area contributed by atoms with Crippen LogP contribution < -0.4 is 5.73 Å². The summed E-state index contributed by atoms with van der Waals surface area (Å²) in [5.41, 5.74) is 5.34. The highest BCUT2D eigenvalue weighted by molar-refractivity contribution is 4.70. The highest BCUT2D eigenvalue weighted by atomic mass is 16.3. The van der Waals surface area contributed by atoms with Gasteiger partial charge in [-0.15, -0.1) is 0 Å². The largest absolute Gasteiger partial charge is 0.392 e. The number of hydrogen-bond acceptors (Lipinski definition) is 2. The van der Waals surface area contributed by atoms with E-state index in [1.807, 2.05) is 0 Å². The first-order valence-electron chi connectivity index (χ1n) is 4.01. The van der Waals surface area contributed by atoms with Crippen LogP contribution in [0.3, 0.4) is 0 Å². The fourth-order valence-electron chi connectivity index (χ4n) is 1.36. The van der Waals surface area contributed by atoms with Gasteiger partial charge in [-0.1, -0.05) is 27.2 Å². The molecule has 0 aromatic heterocycles. The van der Waals surface area contributed by atoms with Gasteiger partial charge in [-0.3, -0.25) is 0 Å². The minimum Gasteiger partial charge on any atom is -0.392 e. The molecule has 10 heavy (non-hydrogen) atoms. The van der Waals surface area contributed by atoms with E-state index >= 15 is 0 Å². The van der Waals surface area contributed by atoms with Crippen LogP contribution in [0, 0.1) is 11.8 Å². The molecular weight excluding hydrogens is 126 g/mol. The zero-order valence-corrected chi connectivity index (χ0v) is 7.17. The molecule has 3 N–H and O–H groups in total. The maximum atomic E-state index is 9.36. The lowest BCUT2D eigenvalue weighted by Crippen LogP contribution is -2.31. The minimum atomic E-state index is -0.315. The van der Waals surface area contributed by atoms with Crippen LogP contribution in [0.5, 0.6) is 0 Å². The van der Waals surface area contributed by atoms with E-state index < -0.39 is 0 Å². The predicted molar refractivity (Wildman–Crippen MR) is 43.7 cm³/mol. The molecule has 2 heteroatoms. The lowest BCUT2D eigenvalue weighted by molar-refractivity contribution is 0.0861. The average Bonchev–Trinajstić information content (AvgIpc) is 1.88. The molecule has 0 aliphatic carbocycles. The number of nitrogens with two attached hydrogens (primary N) is 1. The molecule has 0 spiro atoms. The van der Waals surface area contributed by atoms with Gasteiger partial charge in [-0.05, 0) is 11.8 Å². The highest BCUT2D eigenvalue weighted by Crippen LogP contribution is 2.18. The Bertz CT molecular complexity index is 83.3. The smallest absolute Gasteiger partial charge is 0.0692 e. The molecule has 0 amide bonds. The van der Waals surface area contributed by atoms with Gasteiger partial charge in [0.1, 0.15) is 0 Å². The topological polar surface area (TPSA) is 46.2 Å². The second-order valence-electron chi connectivity index (χ2n) is 3.12. The summed E-state index contributed by atoms with van der Waals surface area (Å²) < 4.78 is 0. The normalized spacial score (nSPS) is 17.4. The molecule has 0 saturated carbocycles. The molecule has 2 atom stereocenters. The molecule has 0 saturated heterocycles. The van der Waals surface area contributed by atoms with Crippen molar-refractivity contribution in [2.75, 3.05) is 6.54 Å². The van der Waals surface area contributed by atoms with Crippen LogP contribution in [0.25, 0.3) is 0 Å². The highest BCUT2D eigenvalue weighted by Gasteiger charge is 2.18. The third kappa shape index (κ3) is 2.67. The zero-order valence-electron chi connectivity index (χ0n) is 7.17. The molecule has 0 fully saturated rings. The van der Waals surface area contributed by atoms with Gasteiger partial charge in [0, 0.05) is 6.54 Å². The fourth-order valence-corrected chi connectivity index (χ4v) is 1.36. The lowest BCUT2D eigenvalue weighted by Gasteiger charge is -2.23. The first-order chi connectivity index (χ1) is 4.63. The van der Waals surface area contributed by atoms with Crippen LogP contribution in [-0.2, 0) is 0 Å². The Morgan fingerprint density at radius 1 is 1.40 bits per heavy atom. The summed E-state index contributed by atoms with van der Waals surface area (Å²) in [6, 6.07) is 0. The Morgan fingerprint density at radius 2 is 1.90 bits per heavy atom. The van der Waals surface area contributed by atoms with E-state index in [1.165, 1.54) is 0 Å². The quantitative estimate of drug-likeness (QED) is 0.619. The standard InChI is InChI=1S/C8H19NO/c1-4-7(6(2)3)8(10)5-9/h6-8,10H,4-5,9H2,1-3H3/t7-,8+/m0/s1. The van der Waals surface area contributed by atoms with Gasteiger partial charge in [-0.2, -0.15) is 0 Å². The molecular formula is C8H19NO. The maximum absolute atomic E-state index is 9.36. The number of hydrogen-bond donors (Lipinski definition) is 2. The van der Waals surface area contributed by atoms with Crippen molar-refractivity contribution in [1.29, 1.82) is 0 Å². The van der Waals surface area contributed by atoms with E-state index in [4.69, 9.17) is 5.73 Å². The first kappa shape index (κ1) is 9.92. The van der Waals surface area contributed by atoms with E-state index in [2.05, 4.69) is 20.8 Å². The zero-order chi connectivity index (χ0) is 8.15. The van der Waals surface area contributed by atoms with Crippen molar-refractivity contribution in [3.8, 4) is 0 Å². The van der Waals surface area contributed by atoms with Crippen LogP contribution in [-0.4, -0.2) is 17.8 Å². The van der Waals surface area contributed by atoms with Gasteiger partial charge >= 0.3 is 0 Å². The van der Waals surface area contributed by atoms with Crippen molar-refractivity contribution < 1.29 is 5.11 Å². The van der Waals surface area contributed by atoms with Crippen LogP contribution in [0.1, 0.15) is 27.2 Å². The Kier molecular flexibility index (Phi) is 4.65. The van der Waals surface area contributed by atoms with Gasteiger partial charge < -0.3 is 10.8 Å². The molecule has 0 heterocycles. The monoisotopic (exact) mass is 145 g/mol. The maximum Gasteiger partial charge on any atom is 0.0692 e. The Morgan fingerprint density at radius 3 is 2.00 bits per heavy atom. The number of aliphatic hydroxyl groups is 1. The third-order valence-electron chi connectivity index (χ3n) is 2.06. The van der Waals surface area contributed by atoms with Crippen molar-refractivity contribution in [2.45, 2.75) is 33.3 Å². The molecule has 0 unspecified atom stereocenters. The van der Waals surface area contributed by atoms with Crippen molar-refractivity contribution >= 4 is 0 Å².